The molecule has 1 aliphatic heterocycles. The molecule has 2 N–H and O–H groups in total. The van der Waals surface area contributed by atoms with Gasteiger partial charge in [-0.25, -0.2) is 4.39 Å². The summed E-state index contributed by atoms with van der Waals surface area (Å²) in [6.07, 6.45) is 1.07. The van der Waals surface area contributed by atoms with Crippen molar-refractivity contribution in [2.75, 3.05) is 19.6 Å². The van der Waals surface area contributed by atoms with Gasteiger partial charge < -0.3 is 10.6 Å². The highest BCUT2D eigenvalue weighted by Crippen LogP contribution is 2.17. The van der Waals surface area contributed by atoms with Crippen LogP contribution in [0, 0.1) is 24.6 Å². The molecule has 19 heavy (non-hydrogen) atoms. The number of amides is 1. The van der Waals surface area contributed by atoms with Crippen molar-refractivity contribution in [2.24, 2.45) is 11.8 Å². The van der Waals surface area contributed by atoms with Crippen LogP contribution in [0.1, 0.15) is 29.3 Å². The van der Waals surface area contributed by atoms with E-state index >= 15 is 0 Å². The molecule has 1 aromatic carbocycles. The Balaban J connectivity index is 1.91. The topological polar surface area (TPSA) is 41.1 Å². The van der Waals surface area contributed by atoms with Gasteiger partial charge in [-0.1, -0.05) is 13.0 Å². The van der Waals surface area contributed by atoms with E-state index in [0.717, 1.165) is 19.5 Å². The van der Waals surface area contributed by atoms with E-state index in [9.17, 15) is 9.18 Å². The standard InChI is InChI=1S/C15H21FN2O/c1-10-3-4-12(7-14(10)16)15(19)18-9-13-5-6-17-8-11(13)2/h3-4,7,11,13,17H,5-6,8-9H2,1-2H3,(H,18,19). The van der Waals surface area contributed by atoms with Gasteiger partial charge in [0.05, 0.1) is 0 Å². The molecule has 1 amide bonds. The molecule has 1 heterocycles. The molecule has 1 saturated heterocycles. The summed E-state index contributed by atoms with van der Waals surface area (Å²) in [6, 6.07) is 4.60. The molecule has 0 saturated carbocycles. The number of hydrogen-bond donors (Lipinski definition) is 2. The highest BCUT2D eigenvalue weighted by atomic mass is 19.1. The van der Waals surface area contributed by atoms with Crippen LogP contribution in [-0.2, 0) is 0 Å². The SMILES string of the molecule is Cc1ccc(C(=O)NCC2CCNCC2C)cc1F. The lowest BCUT2D eigenvalue weighted by Crippen LogP contribution is -2.41. The molecule has 0 bridgehead atoms. The summed E-state index contributed by atoms with van der Waals surface area (Å²) in [5.41, 5.74) is 0.952. The average Bonchev–Trinajstić information content (AvgIpc) is 2.40. The third kappa shape index (κ3) is 3.53. The van der Waals surface area contributed by atoms with Crippen molar-refractivity contribution < 1.29 is 9.18 Å². The smallest absolute Gasteiger partial charge is 0.251 e. The zero-order valence-corrected chi connectivity index (χ0v) is 11.5. The molecular weight excluding hydrogens is 243 g/mol. The van der Waals surface area contributed by atoms with E-state index < -0.39 is 0 Å². The van der Waals surface area contributed by atoms with Crippen molar-refractivity contribution in [3.63, 3.8) is 0 Å². The number of hydrogen-bond acceptors (Lipinski definition) is 2. The van der Waals surface area contributed by atoms with Gasteiger partial charge in [0.1, 0.15) is 5.82 Å². The van der Waals surface area contributed by atoms with Crippen LogP contribution in [0.5, 0.6) is 0 Å². The van der Waals surface area contributed by atoms with E-state index in [-0.39, 0.29) is 11.7 Å². The number of piperidine rings is 1. The Morgan fingerprint density at radius 1 is 1.53 bits per heavy atom. The van der Waals surface area contributed by atoms with E-state index in [2.05, 4.69) is 17.6 Å². The number of rotatable bonds is 3. The van der Waals surface area contributed by atoms with E-state index in [1.807, 2.05) is 0 Å². The maximum Gasteiger partial charge on any atom is 0.251 e. The maximum absolute atomic E-state index is 13.4. The van der Waals surface area contributed by atoms with Gasteiger partial charge in [-0.3, -0.25) is 4.79 Å². The number of aryl methyl sites for hydroxylation is 1. The van der Waals surface area contributed by atoms with Gasteiger partial charge in [0.15, 0.2) is 0 Å². The normalized spacial score (nSPS) is 23.1. The zero-order chi connectivity index (χ0) is 13.8. The molecule has 3 nitrogen and oxygen atoms in total. The minimum absolute atomic E-state index is 0.190. The molecule has 1 aliphatic rings. The Morgan fingerprint density at radius 3 is 3.00 bits per heavy atom. The van der Waals surface area contributed by atoms with Crippen LogP contribution in [0.2, 0.25) is 0 Å². The van der Waals surface area contributed by atoms with Gasteiger partial charge in [0.25, 0.3) is 5.91 Å². The van der Waals surface area contributed by atoms with Crippen molar-refractivity contribution >= 4 is 5.91 Å². The highest BCUT2D eigenvalue weighted by Gasteiger charge is 2.21. The van der Waals surface area contributed by atoms with Crippen molar-refractivity contribution in [1.82, 2.24) is 10.6 Å². The quantitative estimate of drug-likeness (QED) is 0.878. The minimum Gasteiger partial charge on any atom is -0.352 e. The number of carbonyl (C=O) groups is 1. The first-order valence-electron chi connectivity index (χ1n) is 6.83. The van der Waals surface area contributed by atoms with Crippen molar-refractivity contribution in [2.45, 2.75) is 20.3 Å². The summed E-state index contributed by atoms with van der Waals surface area (Å²) in [4.78, 5) is 12.0. The van der Waals surface area contributed by atoms with Crippen LogP contribution < -0.4 is 10.6 Å². The zero-order valence-electron chi connectivity index (χ0n) is 11.5. The van der Waals surface area contributed by atoms with Gasteiger partial charge in [0.2, 0.25) is 0 Å². The molecule has 0 radical (unpaired) electrons. The van der Waals surface area contributed by atoms with Gasteiger partial charge >= 0.3 is 0 Å². The highest BCUT2D eigenvalue weighted by molar-refractivity contribution is 5.94. The summed E-state index contributed by atoms with van der Waals surface area (Å²) in [6.45, 7) is 6.54. The first kappa shape index (κ1) is 14.0. The van der Waals surface area contributed by atoms with Crippen LogP contribution in [-0.4, -0.2) is 25.5 Å². The molecule has 2 atom stereocenters. The third-order valence-corrected chi connectivity index (χ3v) is 3.92. The van der Waals surface area contributed by atoms with Crippen LogP contribution in [0.4, 0.5) is 4.39 Å². The predicted molar refractivity (Wildman–Crippen MR) is 73.6 cm³/mol. The fourth-order valence-corrected chi connectivity index (χ4v) is 2.43. The second-order valence-corrected chi connectivity index (χ2v) is 5.40. The third-order valence-electron chi connectivity index (χ3n) is 3.92. The fourth-order valence-electron chi connectivity index (χ4n) is 2.43. The summed E-state index contributed by atoms with van der Waals surface area (Å²) >= 11 is 0. The van der Waals surface area contributed by atoms with E-state index in [1.165, 1.54) is 6.07 Å². The average molecular weight is 264 g/mol. The molecule has 0 aliphatic carbocycles. The number of halogens is 1. The van der Waals surface area contributed by atoms with E-state index in [1.54, 1.807) is 19.1 Å². The summed E-state index contributed by atoms with van der Waals surface area (Å²) < 4.78 is 13.4. The van der Waals surface area contributed by atoms with Gasteiger partial charge in [-0.2, -0.15) is 0 Å². The molecule has 2 unspecified atom stereocenters. The Morgan fingerprint density at radius 2 is 2.32 bits per heavy atom. The molecular formula is C15H21FN2O. The lowest BCUT2D eigenvalue weighted by molar-refractivity contribution is 0.0937. The van der Waals surface area contributed by atoms with Gasteiger partial charge in [-0.05, 0) is 56.0 Å². The van der Waals surface area contributed by atoms with E-state index in [4.69, 9.17) is 0 Å². The number of carbonyl (C=O) groups excluding carboxylic acids is 1. The molecule has 0 aromatic heterocycles. The Hall–Kier alpha value is -1.42. The summed E-state index contributed by atoms with van der Waals surface area (Å²) in [5.74, 6) is 0.539. The molecule has 0 spiro atoms. The fraction of sp³-hybridized carbons (Fsp3) is 0.533. The number of benzene rings is 1. The van der Waals surface area contributed by atoms with Crippen LogP contribution in [0.3, 0.4) is 0 Å². The first-order valence-corrected chi connectivity index (χ1v) is 6.83. The largest absolute Gasteiger partial charge is 0.352 e. The van der Waals surface area contributed by atoms with Gasteiger partial charge in [-0.15, -0.1) is 0 Å². The van der Waals surface area contributed by atoms with E-state index in [0.29, 0.717) is 29.5 Å². The van der Waals surface area contributed by atoms with Crippen molar-refractivity contribution in [3.8, 4) is 0 Å². The van der Waals surface area contributed by atoms with Gasteiger partial charge in [0, 0.05) is 12.1 Å². The molecule has 104 valence electrons. The Kier molecular flexibility index (Phi) is 4.53. The molecule has 1 aromatic rings. The van der Waals surface area contributed by atoms with Crippen molar-refractivity contribution in [3.05, 3.63) is 35.1 Å². The number of nitrogens with one attached hydrogen (secondary N) is 2. The first-order chi connectivity index (χ1) is 9.08. The monoisotopic (exact) mass is 264 g/mol. The summed E-state index contributed by atoms with van der Waals surface area (Å²) in [5, 5.41) is 6.25. The molecule has 2 rings (SSSR count). The lowest BCUT2D eigenvalue weighted by atomic mass is 9.88. The van der Waals surface area contributed by atoms with Crippen LogP contribution in [0.15, 0.2) is 18.2 Å². The second kappa shape index (κ2) is 6.15. The lowest BCUT2D eigenvalue weighted by Gasteiger charge is -2.29. The predicted octanol–water partition coefficient (Wildman–Crippen LogP) is 2.11. The molecule has 1 fully saturated rings. The Labute approximate surface area is 113 Å². The van der Waals surface area contributed by atoms with Crippen LogP contribution >= 0.6 is 0 Å². The van der Waals surface area contributed by atoms with Crippen LogP contribution in [0.25, 0.3) is 0 Å². The molecule has 4 heteroatoms. The summed E-state index contributed by atoms with van der Waals surface area (Å²) in [7, 11) is 0. The minimum atomic E-state index is -0.331. The second-order valence-electron chi connectivity index (χ2n) is 5.40. The maximum atomic E-state index is 13.4. The Bertz CT molecular complexity index is 461. The van der Waals surface area contributed by atoms with Crippen molar-refractivity contribution in [1.29, 1.82) is 0 Å².